The Kier molecular flexibility index (Phi) is 5.20. The zero-order valence-electron chi connectivity index (χ0n) is 16.5. The largest absolute Gasteiger partial charge is 0.471 e. The maximum absolute atomic E-state index is 15.2. The maximum Gasteiger partial charge on any atom is 0.471 e. The molecule has 5 nitrogen and oxygen atoms in total. The number of ether oxygens (including phenoxy) is 1. The van der Waals surface area contributed by atoms with Crippen LogP contribution in [0.1, 0.15) is 30.9 Å². The van der Waals surface area contributed by atoms with Gasteiger partial charge in [0.1, 0.15) is 34.7 Å². The van der Waals surface area contributed by atoms with E-state index in [0.29, 0.717) is 6.42 Å². The molecular formula is C21H15ClF5N3O2. The molecule has 32 heavy (non-hydrogen) atoms. The second-order valence-corrected chi connectivity index (χ2v) is 8.06. The highest BCUT2D eigenvalue weighted by Crippen LogP contribution is 2.54. The Morgan fingerprint density at radius 1 is 1.31 bits per heavy atom. The molecule has 2 aliphatic rings. The molecule has 2 heterocycles. The van der Waals surface area contributed by atoms with Crippen molar-refractivity contribution in [1.82, 2.24) is 5.32 Å². The number of piperidine rings is 1. The van der Waals surface area contributed by atoms with Gasteiger partial charge in [-0.2, -0.15) is 18.4 Å². The van der Waals surface area contributed by atoms with Crippen LogP contribution in [-0.4, -0.2) is 24.7 Å². The monoisotopic (exact) mass is 471 g/mol. The summed E-state index contributed by atoms with van der Waals surface area (Å²) in [7, 11) is 0. The molecule has 168 valence electrons. The van der Waals surface area contributed by atoms with Crippen LogP contribution in [0.15, 0.2) is 24.3 Å². The van der Waals surface area contributed by atoms with Gasteiger partial charge in [-0.1, -0.05) is 17.7 Å². The molecule has 1 amide bonds. The van der Waals surface area contributed by atoms with Crippen molar-refractivity contribution in [3.63, 3.8) is 0 Å². The number of carbonyl (C=O) groups is 1. The number of amides is 1. The summed E-state index contributed by atoms with van der Waals surface area (Å²) in [5.41, 5.74) is -2.16. The molecule has 2 aromatic rings. The van der Waals surface area contributed by atoms with E-state index in [4.69, 9.17) is 16.3 Å². The molecule has 0 aromatic heterocycles. The zero-order valence-corrected chi connectivity index (χ0v) is 17.2. The van der Waals surface area contributed by atoms with E-state index in [9.17, 15) is 27.6 Å². The van der Waals surface area contributed by atoms with E-state index in [-0.39, 0.29) is 40.7 Å². The van der Waals surface area contributed by atoms with Gasteiger partial charge in [-0.3, -0.25) is 4.79 Å². The topological polar surface area (TPSA) is 65.4 Å². The highest BCUT2D eigenvalue weighted by molar-refractivity contribution is 6.35. The van der Waals surface area contributed by atoms with E-state index in [1.165, 1.54) is 24.0 Å². The predicted octanol–water partition coefficient (Wildman–Crippen LogP) is 5.16. The minimum atomic E-state index is -5.15. The van der Waals surface area contributed by atoms with E-state index in [0.717, 1.165) is 12.1 Å². The summed E-state index contributed by atoms with van der Waals surface area (Å²) in [5.74, 6) is -4.10. The van der Waals surface area contributed by atoms with Gasteiger partial charge in [-0.25, -0.2) is 8.78 Å². The van der Waals surface area contributed by atoms with Crippen molar-refractivity contribution in [2.24, 2.45) is 0 Å². The van der Waals surface area contributed by atoms with Crippen LogP contribution in [0.4, 0.5) is 27.6 Å². The number of fused-ring (bicyclic) bond motifs is 5. The molecule has 0 bridgehead atoms. The molecule has 0 aliphatic carbocycles. The molecule has 0 spiro atoms. The average Bonchev–Trinajstić information content (AvgIpc) is 2.81. The van der Waals surface area contributed by atoms with Crippen molar-refractivity contribution in [2.75, 3.05) is 11.4 Å². The van der Waals surface area contributed by atoms with Gasteiger partial charge in [0.25, 0.3) is 0 Å². The normalized spacial score (nSPS) is 21.9. The van der Waals surface area contributed by atoms with E-state index >= 15 is 4.39 Å². The summed E-state index contributed by atoms with van der Waals surface area (Å²) in [4.78, 5) is 13.3. The Bertz CT molecular complexity index is 1160. The molecule has 4 rings (SSSR count). The fourth-order valence-electron chi connectivity index (χ4n) is 4.48. The Balaban J connectivity index is 2.00. The van der Waals surface area contributed by atoms with Crippen molar-refractivity contribution in [3.8, 4) is 17.6 Å². The van der Waals surface area contributed by atoms with E-state index in [2.05, 4.69) is 0 Å². The third kappa shape index (κ3) is 3.23. The molecule has 2 atom stereocenters. The van der Waals surface area contributed by atoms with Gasteiger partial charge < -0.3 is 15.0 Å². The summed E-state index contributed by atoms with van der Waals surface area (Å²) in [6.07, 6.45) is -4.75. The molecule has 11 heteroatoms. The first-order valence-corrected chi connectivity index (χ1v) is 9.92. The molecule has 2 aromatic carbocycles. The number of nitrogens with zero attached hydrogens (tertiary/aromatic N) is 2. The molecular weight excluding hydrogens is 457 g/mol. The zero-order chi connectivity index (χ0) is 23.4. The van der Waals surface area contributed by atoms with Crippen molar-refractivity contribution in [1.29, 1.82) is 5.26 Å². The number of nitrogens with one attached hydrogen (secondary N) is 1. The molecule has 1 saturated heterocycles. The molecule has 0 radical (unpaired) electrons. The lowest BCUT2D eigenvalue weighted by atomic mass is 9.76. The van der Waals surface area contributed by atoms with Crippen molar-refractivity contribution < 1.29 is 31.5 Å². The van der Waals surface area contributed by atoms with E-state index in [1.54, 1.807) is 6.07 Å². The predicted molar refractivity (Wildman–Crippen MR) is 105 cm³/mol. The first-order chi connectivity index (χ1) is 15.0. The number of anilines is 1. The SMILES string of the molecule is C[C@]12c3c(F)cccc3Oc3cc(F)c(C#N)c(Cl)c3N1CCCC2NC(=O)C(F)(F)F. The number of halogens is 6. The minimum absolute atomic E-state index is 0.0358. The first kappa shape index (κ1) is 22.1. The lowest BCUT2D eigenvalue weighted by molar-refractivity contribution is -0.175. The molecule has 1 fully saturated rings. The number of rotatable bonds is 1. The third-order valence-corrected chi connectivity index (χ3v) is 6.29. The Morgan fingerprint density at radius 3 is 2.69 bits per heavy atom. The Hall–Kier alpha value is -3.06. The summed E-state index contributed by atoms with van der Waals surface area (Å²) in [6.45, 7) is 1.63. The van der Waals surface area contributed by atoms with Crippen LogP contribution < -0.4 is 15.0 Å². The van der Waals surface area contributed by atoms with Gasteiger partial charge in [-0.05, 0) is 31.9 Å². The Labute approximate surface area is 184 Å². The van der Waals surface area contributed by atoms with Crippen molar-refractivity contribution in [3.05, 3.63) is 52.0 Å². The lowest BCUT2D eigenvalue weighted by Crippen LogP contribution is -2.63. The number of nitriles is 1. The van der Waals surface area contributed by atoms with Crippen LogP contribution in [-0.2, 0) is 10.3 Å². The van der Waals surface area contributed by atoms with Crippen LogP contribution in [0.5, 0.6) is 11.5 Å². The van der Waals surface area contributed by atoms with Crippen molar-refractivity contribution >= 4 is 23.2 Å². The van der Waals surface area contributed by atoms with Crippen LogP contribution in [0.3, 0.4) is 0 Å². The minimum Gasteiger partial charge on any atom is -0.455 e. The maximum atomic E-state index is 15.2. The summed E-state index contributed by atoms with van der Waals surface area (Å²) in [5, 5.41) is 11.0. The third-order valence-electron chi connectivity index (χ3n) is 5.92. The summed E-state index contributed by atoms with van der Waals surface area (Å²) >= 11 is 6.35. The van der Waals surface area contributed by atoms with Gasteiger partial charge >= 0.3 is 12.1 Å². The smallest absolute Gasteiger partial charge is 0.455 e. The van der Waals surface area contributed by atoms with Crippen LogP contribution >= 0.6 is 11.6 Å². The van der Waals surface area contributed by atoms with Crippen LogP contribution in [0, 0.1) is 23.0 Å². The van der Waals surface area contributed by atoms with Gasteiger partial charge in [-0.15, -0.1) is 0 Å². The van der Waals surface area contributed by atoms with Gasteiger partial charge in [0, 0.05) is 12.6 Å². The number of benzene rings is 2. The summed E-state index contributed by atoms with van der Waals surface area (Å²) in [6, 6.07) is 5.21. The summed E-state index contributed by atoms with van der Waals surface area (Å²) < 4.78 is 74.5. The highest BCUT2D eigenvalue weighted by atomic mass is 35.5. The molecule has 0 saturated carbocycles. The second kappa shape index (κ2) is 7.52. The number of hydrogen-bond acceptors (Lipinski definition) is 4. The molecule has 1 unspecified atom stereocenters. The van der Waals surface area contributed by atoms with Crippen LogP contribution in [0.25, 0.3) is 0 Å². The number of hydrogen-bond donors (Lipinski definition) is 1. The van der Waals surface area contributed by atoms with Crippen LogP contribution in [0.2, 0.25) is 5.02 Å². The molecule has 2 aliphatic heterocycles. The van der Waals surface area contributed by atoms with Gasteiger partial charge in [0.05, 0.1) is 22.2 Å². The van der Waals surface area contributed by atoms with E-state index in [1.807, 2.05) is 5.32 Å². The lowest BCUT2D eigenvalue weighted by Gasteiger charge is -2.51. The second-order valence-electron chi connectivity index (χ2n) is 7.69. The number of alkyl halides is 3. The fraction of sp³-hybridized carbons (Fsp3) is 0.333. The van der Waals surface area contributed by atoms with E-state index < -0.39 is 40.9 Å². The average molecular weight is 472 g/mol. The van der Waals surface area contributed by atoms with Gasteiger partial charge in [0.2, 0.25) is 0 Å². The standard InChI is InChI=1S/C21H15ClF5N3O2/c1-20-15(29-19(31)21(25,26)27)6-3-7-30(20)18-14(8-12(24)10(9-28)17(18)22)32-13-5-2-4-11(23)16(13)20/h2,4-5,8,15H,3,6-7H2,1H3,(H,29,31)/t15?,20-/m0/s1. The quantitative estimate of drug-likeness (QED) is 0.584. The highest BCUT2D eigenvalue weighted by Gasteiger charge is 2.53. The number of carbonyl (C=O) groups excluding carboxylic acids is 1. The van der Waals surface area contributed by atoms with Gasteiger partial charge in [0.15, 0.2) is 5.75 Å². The Morgan fingerprint density at radius 2 is 2.03 bits per heavy atom. The molecule has 1 N–H and O–H groups in total. The van der Waals surface area contributed by atoms with Crippen molar-refractivity contribution in [2.45, 2.75) is 37.5 Å². The first-order valence-electron chi connectivity index (χ1n) is 9.54. The fourth-order valence-corrected chi connectivity index (χ4v) is 4.81.